The second kappa shape index (κ2) is 8.97. The highest BCUT2D eigenvalue weighted by atomic mass is 79.9. The Morgan fingerprint density at radius 1 is 1.28 bits per heavy atom. The van der Waals surface area contributed by atoms with E-state index in [1.807, 2.05) is 30.3 Å². The second-order valence-corrected chi connectivity index (χ2v) is 8.44. The molecule has 0 fully saturated rings. The highest BCUT2D eigenvalue weighted by molar-refractivity contribution is 9.10. The molecule has 1 aliphatic heterocycles. The van der Waals surface area contributed by atoms with Crippen LogP contribution in [0.3, 0.4) is 0 Å². The minimum absolute atomic E-state index is 0.127. The monoisotopic (exact) mass is 495 g/mol. The van der Waals surface area contributed by atoms with E-state index in [0.29, 0.717) is 18.7 Å². The number of nitrogens with one attached hydrogen (secondary N) is 1. The number of aromatic nitrogens is 1. The molecule has 0 radical (unpaired) electrons. The molecule has 32 heavy (non-hydrogen) atoms. The molecule has 162 valence electrons. The molecule has 0 unspecified atom stereocenters. The minimum atomic E-state index is -0.831. The molecule has 0 atom stereocenters. The third-order valence-corrected chi connectivity index (χ3v) is 6.06. The number of halogens is 2. The lowest BCUT2D eigenvalue weighted by atomic mass is 9.99. The molecular weight excluding hydrogens is 477 g/mol. The molecule has 0 aliphatic carbocycles. The molecule has 3 aromatic rings. The fourth-order valence-electron chi connectivity index (χ4n) is 3.76. The van der Waals surface area contributed by atoms with Gasteiger partial charge in [0.2, 0.25) is 5.91 Å². The van der Waals surface area contributed by atoms with E-state index in [9.17, 15) is 9.59 Å². The van der Waals surface area contributed by atoms with Gasteiger partial charge in [-0.05, 0) is 64.2 Å². The smallest absolute Gasteiger partial charge is 0.266 e. The molecule has 4 rings (SSSR count). The topological polar surface area (TPSA) is 86.2 Å². The molecule has 6 nitrogen and oxygen atoms in total. The summed E-state index contributed by atoms with van der Waals surface area (Å²) >= 11 is 3.07. The highest BCUT2D eigenvalue weighted by Crippen LogP contribution is 2.32. The van der Waals surface area contributed by atoms with Gasteiger partial charge in [-0.15, -0.1) is 0 Å². The quantitative estimate of drug-likeness (QED) is 0.581. The van der Waals surface area contributed by atoms with Crippen LogP contribution in [-0.4, -0.2) is 22.3 Å². The van der Waals surface area contributed by atoms with E-state index < -0.39 is 11.4 Å². The van der Waals surface area contributed by atoms with E-state index in [0.717, 1.165) is 17.5 Å². The fourth-order valence-corrected chi connectivity index (χ4v) is 4.11. The van der Waals surface area contributed by atoms with E-state index in [2.05, 4.69) is 20.9 Å². The number of carbonyl (C=O) groups excluding carboxylic acids is 1. The van der Waals surface area contributed by atoms with Crippen LogP contribution in [0.15, 0.2) is 51.7 Å². The van der Waals surface area contributed by atoms with E-state index in [1.165, 1.54) is 11.6 Å². The number of rotatable bonds is 4. The summed E-state index contributed by atoms with van der Waals surface area (Å²) in [5.74, 6) is -1.22. The maximum Gasteiger partial charge on any atom is 0.266 e. The second-order valence-electron chi connectivity index (χ2n) is 7.65. The number of carbonyl (C=O) groups is 1. The fraction of sp³-hybridized carbons (Fsp3) is 0.208. The van der Waals surface area contributed by atoms with Crippen molar-refractivity contribution in [2.75, 3.05) is 6.54 Å². The zero-order valence-corrected chi connectivity index (χ0v) is 18.8. The number of aromatic amines is 1. The van der Waals surface area contributed by atoms with E-state index in [-0.39, 0.29) is 34.0 Å². The summed E-state index contributed by atoms with van der Waals surface area (Å²) in [6.45, 7) is 2.75. The summed E-state index contributed by atoms with van der Waals surface area (Å²) in [4.78, 5) is 29.4. The summed E-state index contributed by atoms with van der Waals surface area (Å²) < 4.78 is 20.8. The Bertz CT molecular complexity index is 1310. The van der Waals surface area contributed by atoms with Crippen LogP contribution in [0.4, 0.5) is 4.39 Å². The molecule has 0 saturated carbocycles. The van der Waals surface area contributed by atoms with Crippen molar-refractivity contribution in [3.63, 3.8) is 0 Å². The summed E-state index contributed by atoms with van der Waals surface area (Å²) in [7, 11) is 0. The lowest BCUT2D eigenvalue weighted by Crippen LogP contribution is -2.37. The summed E-state index contributed by atoms with van der Waals surface area (Å²) in [5.41, 5.74) is 2.61. The molecule has 2 aromatic carbocycles. The maximum atomic E-state index is 15.3. The van der Waals surface area contributed by atoms with Gasteiger partial charge in [-0.25, -0.2) is 4.39 Å². The predicted molar refractivity (Wildman–Crippen MR) is 120 cm³/mol. The van der Waals surface area contributed by atoms with Gasteiger partial charge in [0.15, 0.2) is 11.6 Å². The van der Waals surface area contributed by atoms with Gasteiger partial charge in [-0.3, -0.25) is 9.59 Å². The standard InChI is InChI=1S/C24H19BrFN3O3/c1-14-8-15(12-27)10-18(9-14)32-23-21(25)24(31)28-19(22(23)26)11-20(30)29-7-6-16-4-2-3-5-17(16)13-29/h2-5,8-10H,6-7,11,13H2,1H3,(H,28,31). The number of pyridine rings is 1. The average molecular weight is 496 g/mol. The third kappa shape index (κ3) is 4.43. The van der Waals surface area contributed by atoms with Gasteiger partial charge >= 0.3 is 0 Å². The van der Waals surface area contributed by atoms with Crippen molar-refractivity contribution in [2.45, 2.75) is 26.3 Å². The van der Waals surface area contributed by atoms with Crippen LogP contribution < -0.4 is 10.3 Å². The Hall–Kier alpha value is -3.44. The number of nitriles is 1. The van der Waals surface area contributed by atoms with Gasteiger partial charge in [0.25, 0.3) is 5.56 Å². The average Bonchev–Trinajstić information content (AvgIpc) is 2.79. The Morgan fingerprint density at radius 2 is 2.03 bits per heavy atom. The predicted octanol–water partition coefficient (Wildman–Crippen LogP) is 4.38. The van der Waals surface area contributed by atoms with Crippen molar-refractivity contribution in [1.82, 2.24) is 9.88 Å². The third-order valence-electron chi connectivity index (χ3n) is 5.34. The number of benzene rings is 2. The molecule has 0 spiro atoms. The Labute approximate surface area is 192 Å². The van der Waals surface area contributed by atoms with Crippen LogP contribution in [-0.2, 0) is 24.2 Å². The first-order valence-electron chi connectivity index (χ1n) is 10.00. The first kappa shape index (κ1) is 21.8. The van der Waals surface area contributed by atoms with Crippen LogP contribution in [0.25, 0.3) is 0 Å². The van der Waals surface area contributed by atoms with E-state index in [4.69, 9.17) is 10.00 Å². The number of nitrogens with zero attached hydrogens (tertiary/aromatic N) is 2. The van der Waals surface area contributed by atoms with Crippen LogP contribution in [0, 0.1) is 24.1 Å². The maximum absolute atomic E-state index is 15.3. The summed E-state index contributed by atoms with van der Waals surface area (Å²) in [6.07, 6.45) is 0.425. The highest BCUT2D eigenvalue weighted by Gasteiger charge is 2.25. The summed E-state index contributed by atoms with van der Waals surface area (Å²) in [5, 5.41) is 9.15. The molecular formula is C24H19BrFN3O3. The zero-order chi connectivity index (χ0) is 22.8. The molecule has 2 heterocycles. The van der Waals surface area contributed by atoms with Gasteiger partial charge in [0.1, 0.15) is 10.2 Å². The summed E-state index contributed by atoms with van der Waals surface area (Å²) in [6, 6.07) is 14.7. The molecule has 0 bridgehead atoms. The number of fused-ring (bicyclic) bond motifs is 1. The number of hydrogen-bond acceptors (Lipinski definition) is 4. The SMILES string of the molecule is Cc1cc(C#N)cc(Oc2c(F)c(CC(=O)N3CCc4ccccc4C3)[nH]c(=O)c2Br)c1. The van der Waals surface area contributed by atoms with Crippen molar-refractivity contribution in [3.05, 3.63) is 91.1 Å². The van der Waals surface area contributed by atoms with E-state index >= 15 is 4.39 Å². The van der Waals surface area contributed by atoms with Crippen LogP contribution in [0.2, 0.25) is 0 Å². The zero-order valence-electron chi connectivity index (χ0n) is 17.2. The van der Waals surface area contributed by atoms with Gasteiger partial charge in [0, 0.05) is 13.1 Å². The normalized spacial score (nSPS) is 12.8. The lowest BCUT2D eigenvalue weighted by Gasteiger charge is -2.29. The number of amides is 1. The van der Waals surface area contributed by atoms with Crippen LogP contribution >= 0.6 is 15.9 Å². The minimum Gasteiger partial charge on any atom is -0.453 e. The van der Waals surface area contributed by atoms with Crippen molar-refractivity contribution >= 4 is 21.8 Å². The Morgan fingerprint density at radius 3 is 2.78 bits per heavy atom. The number of ether oxygens (including phenoxy) is 1. The van der Waals surface area contributed by atoms with Crippen molar-refractivity contribution in [1.29, 1.82) is 5.26 Å². The van der Waals surface area contributed by atoms with Crippen molar-refractivity contribution < 1.29 is 13.9 Å². The Balaban J connectivity index is 1.60. The molecule has 1 aliphatic rings. The number of aryl methyl sites for hydroxylation is 1. The molecule has 1 amide bonds. The van der Waals surface area contributed by atoms with Gasteiger partial charge in [0.05, 0.1) is 23.7 Å². The number of hydrogen-bond donors (Lipinski definition) is 1. The molecule has 8 heteroatoms. The number of H-pyrrole nitrogens is 1. The Kier molecular flexibility index (Phi) is 6.10. The van der Waals surface area contributed by atoms with Crippen molar-refractivity contribution in [2.24, 2.45) is 0 Å². The first-order valence-corrected chi connectivity index (χ1v) is 10.8. The molecule has 0 saturated heterocycles. The molecule has 1 aromatic heterocycles. The largest absolute Gasteiger partial charge is 0.453 e. The van der Waals surface area contributed by atoms with Gasteiger partial charge in [-0.2, -0.15) is 5.26 Å². The van der Waals surface area contributed by atoms with Gasteiger partial charge in [-0.1, -0.05) is 24.3 Å². The van der Waals surface area contributed by atoms with E-state index in [1.54, 1.807) is 24.0 Å². The van der Waals surface area contributed by atoms with Gasteiger partial charge < -0.3 is 14.6 Å². The van der Waals surface area contributed by atoms with Crippen LogP contribution in [0.5, 0.6) is 11.5 Å². The lowest BCUT2D eigenvalue weighted by molar-refractivity contribution is -0.131. The van der Waals surface area contributed by atoms with Crippen molar-refractivity contribution in [3.8, 4) is 17.6 Å². The van der Waals surface area contributed by atoms with Crippen LogP contribution in [0.1, 0.15) is 27.9 Å². The first-order chi connectivity index (χ1) is 15.4. The molecule has 1 N–H and O–H groups in total.